The fraction of sp³-hybridized carbons (Fsp3) is 0.636. The highest BCUT2D eigenvalue weighted by Crippen LogP contribution is 2.12. The van der Waals surface area contributed by atoms with Crippen LogP contribution in [0.15, 0.2) is 12.1 Å². The molecule has 16 heavy (non-hydrogen) atoms. The van der Waals surface area contributed by atoms with Crippen molar-refractivity contribution in [3.05, 3.63) is 17.3 Å². The lowest BCUT2D eigenvalue weighted by Gasteiger charge is -2.25. The molecule has 1 unspecified atom stereocenters. The Morgan fingerprint density at radius 3 is 2.44 bits per heavy atom. The molecule has 1 aromatic heterocycles. The predicted molar refractivity (Wildman–Crippen MR) is 67.8 cm³/mol. The minimum absolute atomic E-state index is 0.352. The van der Waals surface area contributed by atoms with Crippen molar-refractivity contribution in [2.24, 2.45) is 5.92 Å². The Hall–Kier alpha value is -0.870. The van der Waals surface area contributed by atoms with Gasteiger partial charge in [0.1, 0.15) is 5.82 Å². The Morgan fingerprint density at radius 1 is 1.31 bits per heavy atom. The van der Waals surface area contributed by atoms with Crippen molar-refractivity contribution < 1.29 is 0 Å². The highest BCUT2D eigenvalue weighted by atomic mass is 35.5. The van der Waals surface area contributed by atoms with E-state index in [9.17, 15) is 0 Å². The Bertz CT molecular complexity index is 310. The molecule has 0 aromatic carbocycles. The van der Waals surface area contributed by atoms with E-state index in [0.29, 0.717) is 17.1 Å². The van der Waals surface area contributed by atoms with Crippen molar-refractivity contribution in [1.82, 2.24) is 15.1 Å². The molecule has 0 spiro atoms. The second kappa shape index (κ2) is 6.01. The van der Waals surface area contributed by atoms with Gasteiger partial charge in [-0.25, -0.2) is 0 Å². The van der Waals surface area contributed by atoms with Crippen LogP contribution in [0.25, 0.3) is 0 Å². The zero-order valence-electron chi connectivity index (χ0n) is 10.2. The maximum Gasteiger partial charge on any atom is 0.151 e. The molecule has 0 amide bonds. The van der Waals surface area contributed by atoms with E-state index in [-0.39, 0.29) is 0 Å². The summed E-state index contributed by atoms with van der Waals surface area (Å²) in [6, 6.07) is 3.94. The summed E-state index contributed by atoms with van der Waals surface area (Å²) in [5.41, 5.74) is 0. The Balaban J connectivity index is 2.64. The average Bonchev–Trinajstić information content (AvgIpc) is 2.19. The maximum atomic E-state index is 5.69. The van der Waals surface area contributed by atoms with Crippen molar-refractivity contribution in [3.63, 3.8) is 0 Å². The largest absolute Gasteiger partial charge is 0.364 e. The zero-order chi connectivity index (χ0) is 12.1. The summed E-state index contributed by atoms with van der Waals surface area (Å²) in [7, 11) is 4.12. The number of nitrogens with one attached hydrogen (secondary N) is 1. The fourth-order valence-electron chi connectivity index (χ4n) is 1.40. The van der Waals surface area contributed by atoms with Crippen LogP contribution in [0.2, 0.25) is 5.15 Å². The summed E-state index contributed by atoms with van der Waals surface area (Å²) in [6.07, 6.45) is 0. The third-order valence-electron chi connectivity index (χ3n) is 2.33. The number of aromatic nitrogens is 2. The van der Waals surface area contributed by atoms with Gasteiger partial charge in [0.15, 0.2) is 5.15 Å². The number of likely N-dealkylation sites (N-methyl/N-ethyl adjacent to an activating group) is 1. The van der Waals surface area contributed by atoms with Crippen LogP contribution in [0.5, 0.6) is 0 Å². The van der Waals surface area contributed by atoms with Crippen molar-refractivity contribution >= 4 is 17.4 Å². The molecule has 0 aliphatic rings. The first-order valence-corrected chi connectivity index (χ1v) is 5.77. The lowest BCUT2D eigenvalue weighted by Crippen LogP contribution is -2.36. The lowest BCUT2D eigenvalue weighted by atomic mass is 10.0. The molecule has 0 aliphatic heterocycles. The van der Waals surface area contributed by atoms with Gasteiger partial charge in [0.2, 0.25) is 0 Å². The second-order valence-electron chi connectivity index (χ2n) is 4.50. The van der Waals surface area contributed by atoms with Gasteiger partial charge in [-0.05, 0) is 32.1 Å². The normalized spacial score (nSPS) is 13.2. The number of hydrogen-bond acceptors (Lipinski definition) is 4. The van der Waals surface area contributed by atoms with Gasteiger partial charge in [-0.15, -0.1) is 10.2 Å². The third kappa shape index (κ3) is 4.33. The molecule has 1 aromatic rings. The van der Waals surface area contributed by atoms with Gasteiger partial charge >= 0.3 is 0 Å². The Kier molecular flexibility index (Phi) is 4.96. The SMILES string of the molecule is CC(C)C(CN(C)C)Nc1ccc(Cl)nn1. The Labute approximate surface area is 102 Å². The van der Waals surface area contributed by atoms with Crippen molar-refractivity contribution in [1.29, 1.82) is 0 Å². The smallest absolute Gasteiger partial charge is 0.151 e. The van der Waals surface area contributed by atoms with Crippen LogP contribution >= 0.6 is 11.6 Å². The first-order valence-electron chi connectivity index (χ1n) is 5.39. The summed E-state index contributed by atoms with van der Waals surface area (Å²) in [5.74, 6) is 1.30. The lowest BCUT2D eigenvalue weighted by molar-refractivity contribution is 0.344. The minimum atomic E-state index is 0.352. The quantitative estimate of drug-likeness (QED) is 0.859. The van der Waals surface area contributed by atoms with E-state index in [0.717, 1.165) is 12.4 Å². The van der Waals surface area contributed by atoms with Crippen LogP contribution in [0.3, 0.4) is 0 Å². The predicted octanol–water partition coefficient (Wildman–Crippen LogP) is 2.13. The van der Waals surface area contributed by atoms with E-state index in [1.807, 2.05) is 6.07 Å². The third-order valence-corrected chi connectivity index (χ3v) is 2.53. The van der Waals surface area contributed by atoms with Crippen LogP contribution in [0.1, 0.15) is 13.8 Å². The first-order chi connectivity index (χ1) is 7.49. The van der Waals surface area contributed by atoms with Crippen LogP contribution in [-0.4, -0.2) is 41.8 Å². The summed E-state index contributed by atoms with van der Waals surface area (Å²) < 4.78 is 0. The molecular formula is C11H19ClN4. The molecule has 4 nitrogen and oxygen atoms in total. The summed E-state index contributed by atoms with van der Waals surface area (Å²) in [4.78, 5) is 2.15. The topological polar surface area (TPSA) is 41.0 Å². The molecule has 1 rings (SSSR count). The second-order valence-corrected chi connectivity index (χ2v) is 4.89. The summed E-state index contributed by atoms with van der Waals surface area (Å²) >= 11 is 5.69. The summed E-state index contributed by atoms with van der Waals surface area (Å²) in [5, 5.41) is 11.6. The van der Waals surface area contributed by atoms with Crippen LogP contribution in [-0.2, 0) is 0 Å². The molecule has 1 atom stereocenters. The number of halogens is 1. The number of rotatable bonds is 5. The van der Waals surface area contributed by atoms with Gasteiger partial charge in [-0.1, -0.05) is 25.4 Å². The monoisotopic (exact) mass is 242 g/mol. The van der Waals surface area contributed by atoms with Crippen molar-refractivity contribution in [3.8, 4) is 0 Å². The molecule has 0 saturated carbocycles. The van der Waals surface area contributed by atoms with Gasteiger partial charge in [-0.3, -0.25) is 0 Å². The molecule has 0 bridgehead atoms. The van der Waals surface area contributed by atoms with Crippen LogP contribution in [0.4, 0.5) is 5.82 Å². The van der Waals surface area contributed by atoms with Gasteiger partial charge in [0.05, 0.1) is 0 Å². The number of hydrogen-bond donors (Lipinski definition) is 1. The molecule has 1 N–H and O–H groups in total. The van der Waals surface area contributed by atoms with Gasteiger partial charge in [0.25, 0.3) is 0 Å². The molecule has 0 radical (unpaired) electrons. The first kappa shape index (κ1) is 13.2. The van der Waals surface area contributed by atoms with Crippen molar-refractivity contribution in [2.45, 2.75) is 19.9 Å². The van der Waals surface area contributed by atoms with Gasteiger partial charge in [0, 0.05) is 12.6 Å². The van der Waals surface area contributed by atoms with Gasteiger partial charge < -0.3 is 10.2 Å². The molecule has 0 fully saturated rings. The van der Waals surface area contributed by atoms with E-state index in [2.05, 4.69) is 48.4 Å². The standard InChI is InChI=1S/C11H19ClN4/c1-8(2)9(7-16(3)4)13-11-6-5-10(12)14-15-11/h5-6,8-9H,7H2,1-4H3,(H,13,15). The van der Waals surface area contributed by atoms with Crippen LogP contribution < -0.4 is 5.32 Å². The van der Waals surface area contributed by atoms with Gasteiger partial charge in [-0.2, -0.15) is 0 Å². The summed E-state index contributed by atoms with van der Waals surface area (Å²) in [6.45, 7) is 5.33. The van der Waals surface area contributed by atoms with E-state index < -0.39 is 0 Å². The molecule has 0 aliphatic carbocycles. The highest BCUT2D eigenvalue weighted by molar-refractivity contribution is 6.29. The number of nitrogens with zero attached hydrogens (tertiary/aromatic N) is 3. The molecule has 0 saturated heterocycles. The molecule has 1 heterocycles. The minimum Gasteiger partial charge on any atom is -0.364 e. The number of anilines is 1. The molecule has 90 valence electrons. The Morgan fingerprint density at radius 2 is 2.00 bits per heavy atom. The van der Waals surface area contributed by atoms with E-state index in [1.165, 1.54) is 0 Å². The molecular weight excluding hydrogens is 224 g/mol. The zero-order valence-corrected chi connectivity index (χ0v) is 11.0. The van der Waals surface area contributed by atoms with Crippen molar-refractivity contribution in [2.75, 3.05) is 26.0 Å². The highest BCUT2D eigenvalue weighted by Gasteiger charge is 2.14. The van der Waals surface area contributed by atoms with E-state index in [4.69, 9.17) is 11.6 Å². The maximum absolute atomic E-state index is 5.69. The van der Waals surface area contributed by atoms with E-state index in [1.54, 1.807) is 6.07 Å². The average molecular weight is 243 g/mol. The fourth-order valence-corrected chi connectivity index (χ4v) is 1.50. The van der Waals surface area contributed by atoms with E-state index >= 15 is 0 Å². The molecule has 5 heteroatoms. The van der Waals surface area contributed by atoms with Crippen LogP contribution in [0, 0.1) is 5.92 Å².